The van der Waals surface area contributed by atoms with Crippen LogP contribution in [0.4, 0.5) is 0 Å². The molecule has 108 valence electrons. The van der Waals surface area contributed by atoms with Crippen LogP contribution in [-0.2, 0) is 16.1 Å². The first-order valence-electron chi connectivity index (χ1n) is 6.41. The second-order valence-electron chi connectivity index (χ2n) is 4.13. The standard InChI is InChI=1S/C14H22N2O2.ClH/c15-9-4-5-10-16-14(17)8-11-18-12-13-6-2-1-3-7-13;/h1-3,6-7H,4-5,8-12,15H2,(H,16,17);1H. The van der Waals surface area contributed by atoms with Crippen LogP contribution in [0.3, 0.4) is 0 Å². The van der Waals surface area contributed by atoms with E-state index < -0.39 is 0 Å². The molecular formula is C14H23ClN2O2. The molecule has 0 saturated heterocycles. The van der Waals surface area contributed by atoms with E-state index in [4.69, 9.17) is 10.5 Å². The summed E-state index contributed by atoms with van der Waals surface area (Å²) in [4.78, 5) is 11.4. The first kappa shape index (κ1) is 17.9. The lowest BCUT2D eigenvalue weighted by atomic mass is 10.2. The molecule has 0 aliphatic carbocycles. The summed E-state index contributed by atoms with van der Waals surface area (Å²) in [7, 11) is 0. The molecule has 0 heterocycles. The van der Waals surface area contributed by atoms with E-state index in [2.05, 4.69) is 5.32 Å². The van der Waals surface area contributed by atoms with Crippen molar-refractivity contribution in [1.29, 1.82) is 0 Å². The minimum Gasteiger partial charge on any atom is -0.376 e. The Morgan fingerprint density at radius 1 is 1.21 bits per heavy atom. The summed E-state index contributed by atoms with van der Waals surface area (Å²) in [5.74, 6) is 0.0417. The Bertz CT molecular complexity index is 333. The Morgan fingerprint density at radius 2 is 1.95 bits per heavy atom. The van der Waals surface area contributed by atoms with E-state index in [0.29, 0.717) is 32.7 Å². The number of rotatable bonds is 9. The van der Waals surface area contributed by atoms with Crippen LogP contribution in [-0.4, -0.2) is 25.6 Å². The molecule has 1 rings (SSSR count). The predicted octanol–water partition coefficient (Wildman–Crippen LogP) is 1.87. The largest absolute Gasteiger partial charge is 0.376 e. The van der Waals surface area contributed by atoms with Gasteiger partial charge in [0.1, 0.15) is 0 Å². The number of nitrogens with two attached hydrogens (primary N) is 1. The zero-order valence-electron chi connectivity index (χ0n) is 11.1. The number of carbonyl (C=O) groups is 1. The first-order valence-corrected chi connectivity index (χ1v) is 6.41. The molecule has 0 fully saturated rings. The van der Waals surface area contributed by atoms with Crippen molar-refractivity contribution in [3.05, 3.63) is 35.9 Å². The Hall–Kier alpha value is -1.10. The summed E-state index contributed by atoms with van der Waals surface area (Å²) in [6.07, 6.45) is 2.30. The second-order valence-corrected chi connectivity index (χ2v) is 4.13. The lowest BCUT2D eigenvalue weighted by Crippen LogP contribution is -2.25. The van der Waals surface area contributed by atoms with Crippen LogP contribution >= 0.6 is 12.4 Å². The fourth-order valence-corrected chi connectivity index (χ4v) is 1.51. The zero-order valence-corrected chi connectivity index (χ0v) is 12.0. The number of ether oxygens (including phenoxy) is 1. The third-order valence-electron chi connectivity index (χ3n) is 2.54. The van der Waals surface area contributed by atoms with Crippen LogP contribution in [0, 0.1) is 0 Å². The van der Waals surface area contributed by atoms with Crippen molar-refractivity contribution >= 4 is 18.3 Å². The van der Waals surface area contributed by atoms with Gasteiger partial charge in [-0.05, 0) is 24.9 Å². The molecule has 1 aromatic rings. The number of hydrogen-bond acceptors (Lipinski definition) is 3. The van der Waals surface area contributed by atoms with Gasteiger partial charge in [-0.3, -0.25) is 4.79 Å². The molecule has 5 heteroatoms. The summed E-state index contributed by atoms with van der Waals surface area (Å²) in [5, 5.41) is 2.84. The topological polar surface area (TPSA) is 64.3 Å². The average Bonchev–Trinajstić information content (AvgIpc) is 2.41. The van der Waals surface area contributed by atoms with E-state index in [1.165, 1.54) is 0 Å². The first-order chi connectivity index (χ1) is 8.83. The maximum atomic E-state index is 11.4. The van der Waals surface area contributed by atoms with Crippen LogP contribution in [0.2, 0.25) is 0 Å². The quantitative estimate of drug-likeness (QED) is 0.681. The zero-order chi connectivity index (χ0) is 13.1. The molecule has 1 aromatic carbocycles. The molecule has 0 spiro atoms. The van der Waals surface area contributed by atoms with Gasteiger partial charge in [0.2, 0.25) is 5.91 Å². The van der Waals surface area contributed by atoms with Gasteiger partial charge in [-0.25, -0.2) is 0 Å². The molecule has 0 saturated carbocycles. The summed E-state index contributed by atoms with van der Waals surface area (Å²) in [6, 6.07) is 9.93. The highest BCUT2D eigenvalue weighted by Gasteiger charge is 2.00. The van der Waals surface area contributed by atoms with E-state index in [0.717, 1.165) is 18.4 Å². The van der Waals surface area contributed by atoms with E-state index in [9.17, 15) is 4.79 Å². The van der Waals surface area contributed by atoms with E-state index in [-0.39, 0.29) is 18.3 Å². The van der Waals surface area contributed by atoms with Gasteiger partial charge in [-0.2, -0.15) is 0 Å². The third kappa shape index (κ3) is 9.47. The predicted molar refractivity (Wildman–Crippen MR) is 79.3 cm³/mol. The van der Waals surface area contributed by atoms with E-state index >= 15 is 0 Å². The molecule has 19 heavy (non-hydrogen) atoms. The molecule has 0 aliphatic rings. The number of hydrogen-bond donors (Lipinski definition) is 2. The minimum absolute atomic E-state index is 0. The smallest absolute Gasteiger partial charge is 0.222 e. The summed E-state index contributed by atoms with van der Waals surface area (Å²) in [5.41, 5.74) is 6.49. The van der Waals surface area contributed by atoms with Crippen molar-refractivity contribution in [1.82, 2.24) is 5.32 Å². The third-order valence-corrected chi connectivity index (χ3v) is 2.54. The van der Waals surface area contributed by atoms with Gasteiger partial charge in [0.25, 0.3) is 0 Å². The van der Waals surface area contributed by atoms with Gasteiger partial charge >= 0.3 is 0 Å². The average molecular weight is 287 g/mol. The summed E-state index contributed by atoms with van der Waals surface area (Å²) >= 11 is 0. The molecule has 0 atom stereocenters. The highest BCUT2D eigenvalue weighted by atomic mass is 35.5. The van der Waals surface area contributed by atoms with Gasteiger partial charge in [-0.15, -0.1) is 12.4 Å². The Labute approximate surface area is 121 Å². The molecule has 0 aromatic heterocycles. The summed E-state index contributed by atoms with van der Waals surface area (Å²) < 4.78 is 5.44. The number of benzene rings is 1. The Balaban J connectivity index is 0.00000324. The molecule has 0 bridgehead atoms. The van der Waals surface area contributed by atoms with Crippen molar-refractivity contribution < 1.29 is 9.53 Å². The molecule has 0 radical (unpaired) electrons. The Kier molecular flexibility index (Phi) is 11.3. The molecule has 0 unspecified atom stereocenters. The van der Waals surface area contributed by atoms with E-state index in [1.807, 2.05) is 30.3 Å². The maximum absolute atomic E-state index is 11.4. The molecule has 3 N–H and O–H groups in total. The maximum Gasteiger partial charge on any atom is 0.222 e. The fourth-order valence-electron chi connectivity index (χ4n) is 1.51. The lowest BCUT2D eigenvalue weighted by Gasteiger charge is -2.06. The van der Waals surface area contributed by atoms with Gasteiger partial charge in [0.15, 0.2) is 0 Å². The van der Waals surface area contributed by atoms with Gasteiger partial charge in [0, 0.05) is 13.0 Å². The van der Waals surface area contributed by atoms with Crippen molar-refractivity contribution in [2.75, 3.05) is 19.7 Å². The minimum atomic E-state index is 0. The Morgan fingerprint density at radius 3 is 2.63 bits per heavy atom. The van der Waals surface area contributed by atoms with Crippen LogP contribution in [0.15, 0.2) is 30.3 Å². The fraction of sp³-hybridized carbons (Fsp3) is 0.500. The normalized spacial score (nSPS) is 9.74. The van der Waals surface area contributed by atoms with Gasteiger partial charge < -0.3 is 15.8 Å². The number of halogens is 1. The van der Waals surface area contributed by atoms with Crippen LogP contribution in [0.5, 0.6) is 0 Å². The van der Waals surface area contributed by atoms with Gasteiger partial charge in [-0.1, -0.05) is 30.3 Å². The highest BCUT2D eigenvalue weighted by molar-refractivity contribution is 5.85. The molecular weight excluding hydrogens is 264 g/mol. The number of unbranched alkanes of at least 4 members (excludes halogenated alkanes) is 1. The summed E-state index contributed by atoms with van der Waals surface area (Å²) in [6.45, 7) is 2.39. The SMILES string of the molecule is Cl.NCCCCNC(=O)CCOCc1ccccc1. The lowest BCUT2D eigenvalue weighted by molar-refractivity contribution is -0.122. The molecule has 4 nitrogen and oxygen atoms in total. The van der Waals surface area contributed by atoms with E-state index in [1.54, 1.807) is 0 Å². The van der Waals surface area contributed by atoms with Crippen molar-refractivity contribution in [3.8, 4) is 0 Å². The molecule has 1 amide bonds. The van der Waals surface area contributed by atoms with Crippen molar-refractivity contribution in [2.45, 2.75) is 25.9 Å². The molecule has 0 aliphatic heterocycles. The van der Waals surface area contributed by atoms with Crippen molar-refractivity contribution in [3.63, 3.8) is 0 Å². The van der Waals surface area contributed by atoms with Gasteiger partial charge in [0.05, 0.1) is 13.2 Å². The van der Waals surface area contributed by atoms with Crippen LogP contribution < -0.4 is 11.1 Å². The number of nitrogens with one attached hydrogen (secondary N) is 1. The highest BCUT2D eigenvalue weighted by Crippen LogP contribution is 2.00. The number of amides is 1. The van der Waals surface area contributed by atoms with Crippen LogP contribution in [0.25, 0.3) is 0 Å². The van der Waals surface area contributed by atoms with Crippen LogP contribution in [0.1, 0.15) is 24.8 Å². The van der Waals surface area contributed by atoms with Crippen molar-refractivity contribution in [2.24, 2.45) is 5.73 Å². The number of carbonyl (C=O) groups excluding carboxylic acids is 1. The monoisotopic (exact) mass is 286 g/mol. The second kappa shape index (κ2) is 12.0.